The molecule has 0 aliphatic carbocycles. The first-order valence-corrected chi connectivity index (χ1v) is 14.6. The number of carbonyl (C=O) groups excluding carboxylic acids is 3. The van der Waals surface area contributed by atoms with Gasteiger partial charge in [-0.2, -0.15) is 0 Å². The number of aryl methyl sites for hydroxylation is 1. The topological polar surface area (TPSA) is 136 Å². The Bertz CT molecular complexity index is 870. The van der Waals surface area contributed by atoms with Crippen LogP contribution in [0.1, 0.15) is 63.8 Å². The van der Waals surface area contributed by atoms with Crippen molar-refractivity contribution in [2.24, 2.45) is 0 Å². The van der Waals surface area contributed by atoms with Gasteiger partial charge < -0.3 is 20.5 Å². The van der Waals surface area contributed by atoms with E-state index in [9.17, 15) is 19.5 Å². The number of unbranched alkanes of at least 4 members (excludes halogenated alkanes) is 1. The summed E-state index contributed by atoms with van der Waals surface area (Å²) in [7, 11) is 4.54. The number of allylic oxidation sites excluding steroid dienone is 1. The van der Waals surface area contributed by atoms with Crippen LogP contribution in [-0.2, 0) is 25.7 Å². The van der Waals surface area contributed by atoms with Crippen LogP contribution in [0.3, 0.4) is 0 Å². The Morgan fingerprint density at radius 2 is 2.00 bits per heavy atom. The summed E-state index contributed by atoms with van der Waals surface area (Å²) in [5.41, 5.74) is 7.37. The number of rotatable bonds is 17. The van der Waals surface area contributed by atoms with Crippen molar-refractivity contribution in [2.45, 2.75) is 71.1 Å². The van der Waals surface area contributed by atoms with E-state index in [1.54, 1.807) is 35.7 Å². The lowest BCUT2D eigenvalue weighted by molar-refractivity contribution is -0.140. The summed E-state index contributed by atoms with van der Waals surface area (Å²) in [6.07, 6.45) is 6.45. The van der Waals surface area contributed by atoms with E-state index in [1.165, 1.54) is 29.7 Å². The van der Waals surface area contributed by atoms with Gasteiger partial charge in [-0.15, -0.1) is 0 Å². The molecule has 0 unspecified atom stereocenters. The van der Waals surface area contributed by atoms with Crippen LogP contribution < -0.4 is 5.73 Å². The lowest BCUT2D eigenvalue weighted by atomic mass is 10.1. The number of hydrogen-bond donors (Lipinski definition) is 2. The van der Waals surface area contributed by atoms with Gasteiger partial charge in [0.1, 0.15) is 11.6 Å². The van der Waals surface area contributed by atoms with Crippen molar-refractivity contribution in [2.75, 3.05) is 25.2 Å². The Balaban J connectivity index is 2.70. The number of hydrogen-bond acceptors (Lipinski definition) is 11. The van der Waals surface area contributed by atoms with Crippen LogP contribution in [0.25, 0.3) is 0 Å². The largest absolute Gasteiger partial charge is 0.469 e. The first kappa shape index (κ1) is 31.3. The lowest BCUT2D eigenvalue weighted by Gasteiger charge is -2.22. The maximum atomic E-state index is 11.8. The number of esters is 1. The van der Waals surface area contributed by atoms with E-state index < -0.39 is 0 Å². The summed E-state index contributed by atoms with van der Waals surface area (Å²) >= 11 is 1.34. The smallest absolute Gasteiger partial charge is 0.305 e. The molecule has 1 aromatic rings. The molecule has 1 heterocycles. The minimum absolute atomic E-state index is 0.0360. The number of anilines is 1. The van der Waals surface area contributed by atoms with E-state index in [2.05, 4.69) is 14.7 Å². The Hall–Kier alpha value is -1.76. The quantitative estimate of drug-likeness (QED) is 0.127. The second-order valence-electron chi connectivity index (χ2n) is 7.79. The molecule has 0 radical (unpaired) electrons. The second kappa shape index (κ2) is 17.6. The van der Waals surface area contributed by atoms with Crippen molar-refractivity contribution < 1.29 is 24.2 Å². The highest BCUT2D eigenvalue weighted by atomic mass is 33.1. The van der Waals surface area contributed by atoms with E-state index >= 15 is 0 Å². The molecule has 196 valence electrons. The molecular formula is C23H36N4O5S3. The molecule has 0 aromatic carbocycles. The van der Waals surface area contributed by atoms with E-state index in [0.717, 1.165) is 48.4 Å². The lowest BCUT2D eigenvalue weighted by Crippen LogP contribution is -2.21. The molecule has 9 nitrogen and oxygen atoms in total. The standard InChI is InChI=1S/C23H36N4O5S3/c1-16(27(15-29)14-19-13-25-17(2)26-23(19)24)21(9-11-28)35-33-12-10-20(34-18(3)30)7-5-6-8-22(31)32-4/h13,15,20,28H,5-12,14H2,1-4H3,(H2,24,25,26)/b21-16-/t20-/m1/s1. The highest BCUT2D eigenvalue weighted by Gasteiger charge is 2.16. The molecule has 1 atom stereocenters. The summed E-state index contributed by atoms with van der Waals surface area (Å²) in [4.78, 5) is 45.5. The fourth-order valence-electron chi connectivity index (χ4n) is 3.13. The molecule has 0 aliphatic heterocycles. The minimum Gasteiger partial charge on any atom is -0.469 e. The van der Waals surface area contributed by atoms with Crippen molar-refractivity contribution in [1.82, 2.24) is 14.9 Å². The summed E-state index contributed by atoms with van der Waals surface area (Å²) < 4.78 is 4.67. The van der Waals surface area contributed by atoms with E-state index in [-0.39, 0.29) is 29.5 Å². The molecular weight excluding hydrogens is 508 g/mol. The van der Waals surface area contributed by atoms with Gasteiger partial charge in [-0.3, -0.25) is 14.4 Å². The maximum Gasteiger partial charge on any atom is 0.305 e. The monoisotopic (exact) mass is 544 g/mol. The van der Waals surface area contributed by atoms with Gasteiger partial charge in [0.25, 0.3) is 0 Å². The molecule has 0 bridgehead atoms. The highest BCUT2D eigenvalue weighted by Crippen LogP contribution is 2.37. The van der Waals surface area contributed by atoms with Crippen LogP contribution >= 0.6 is 33.3 Å². The van der Waals surface area contributed by atoms with Crippen LogP contribution in [-0.4, -0.2) is 62.2 Å². The van der Waals surface area contributed by atoms with Crippen molar-refractivity contribution in [3.63, 3.8) is 0 Å². The SMILES string of the molecule is COC(=O)CCCC[C@H](CCSS/C(CCO)=C(/C)N(C=O)Cc1cnc(C)nc1N)SC(C)=O. The Labute approximate surface area is 219 Å². The molecule has 0 saturated heterocycles. The average Bonchev–Trinajstić information content (AvgIpc) is 2.82. The van der Waals surface area contributed by atoms with E-state index in [0.29, 0.717) is 30.0 Å². The zero-order valence-electron chi connectivity index (χ0n) is 20.8. The van der Waals surface area contributed by atoms with Crippen LogP contribution in [0.15, 0.2) is 16.8 Å². The van der Waals surface area contributed by atoms with Crippen LogP contribution in [0.2, 0.25) is 0 Å². The third kappa shape index (κ3) is 12.7. The highest BCUT2D eigenvalue weighted by molar-refractivity contribution is 8.78. The first-order valence-electron chi connectivity index (χ1n) is 11.4. The molecule has 1 amide bonds. The van der Waals surface area contributed by atoms with Gasteiger partial charge in [0.05, 0.1) is 13.7 Å². The molecule has 0 spiro atoms. The normalized spacial score (nSPS) is 12.6. The Kier molecular flexibility index (Phi) is 15.8. The van der Waals surface area contributed by atoms with Crippen molar-refractivity contribution in [3.8, 4) is 0 Å². The number of carbonyl (C=O) groups is 3. The Morgan fingerprint density at radius 1 is 1.26 bits per heavy atom. The number of methoxy groups -OCH3 is 1. The zero-order chi connectivity index (χ0) is 26.2. The molecule has 0 fully saturated rings. The van der Waals surface area contributed by atoms with Crippen LogP contribution in [0.4, 0.5) is 5.82 Å². The number of nitrogen functional groups attached to an aromatic ring is 1. The van der Waals surface area contributed by atoms with E-state index in [4.69, 9.17) is 5.73 Å². The van der Waals surface area contributed by atoms with Crippen molar-refractivity contribution in [3.05, 3.63) is 28.2 Å². The molecule has 0 aliphatic rings. The number of nitrogens with two attached hydrogens (primary N) is 1. The summed E-state index contributed by atoms with van der Waals surface area (Å²) in [5.74, 6) is 1.49. The third-order valence-corrected chi connectivity index (χ3v) is 8.87. The van der Waals surface area contributed by atoms with Gasteiger partial charge in [0.15, 0.2) is 5.12 Å². The predicted molar refractivity (Wildman–Crippen MR) is 144 cm³/mol. The van der Waals surface area contributed by atoms with Crippen LogP contribution in [0.5, 0.6) is 0 Å². The van der Waals surface area contributed by atoms with Gasteiger partial charge in [-0.1, -0.05) is 39.8 Å². The molecule has 3 N–H and O–H groups in total. The van der Waals surface area contributed by atoms with Crippen molar-refractivity contribution in [1.29, 1.82) is 0 Å². The number of aliphatic hydroxyl groups is 1. The number of aliphatic hydroxyl groups excluding tert-OH is 1. The molecule has 1 aromatic heterocycles. The third-order valence-electron chi connectivity index (χ3n) is 5.06. The van der Waals surface area contributed by atoms with E-state index in [1.807, 2.05) is 6.92 Å². The fraction of sp³-hybridized carbons (Fsp3) is 0.609. The van der Waals surface area contributed by atoms with Crippen molar-refractivity contribution >= 4 is 56.7 Å². The first-order chi connectivity index (χ1) is 16.7. The number of thioether (sulfide) groups is 1. The predicted octanol–water partition coefficient (Wildman–Crippen LogP) is 4.09. The summed E-state index contributed by atoms with van der Waals surface area (Å²) in [6, 6.07) is 0. The molecule has 0 saturated carbocycles. The number of aromatic nitrogens is 2. The fourth-order valence-corrected chi connectivity index (χ4v) is 6.86. The number of amides is 1. The zero-order valence-corrected chi connectivity index (χ0v) is 23.3. The Morgan fingerprint density at radius 3 is 2.60 bits per heavy atom. The maximum absolute atomic E-state index is 11.8. The summed E-state index contributed by atoms with van der Waals surface area (Å²) in [5, 5.41) is 9.81. The second-order valence-corrected chi connectivity index (χ2v) is 11.8. The molecule has 35 heavy (non-hydrogen) atoms. The van der Waals surface area contributed by atoms with Gasteiger partial charge in [-0.05, 0) is 33.1 Å². The van der Waals surface area contributed by atoms with Gasteiger partial charge in [-0.25, -0.2) is 9.97 Å². The molecule has 1 rings (SSSR count). The minimum atomic E-state index is -0.215. The molecule has 12 heteroatoms. The van der Waals surface area contributed by atoms with Crippen LogP contribution in [0, 0.1) is 6.92 Å². The van der Waals surface area contributed by atoms with Gasteiger partial charge >= 0.3 is 5.97 Å². The number of ether oxygens (including phenoxy) is 1. The number of nitrogens with zero attached hydrogens (tertiary/aromatic N) is 3. The van der Waals surface area contributed by atoms with Gasteiger partial charge in [0.2, 0.25) is 6.41 Å². The summed E-state index contributed by atoms with van der Waals surface area (Å²) in [6.45, 7) is 5.36. The van der Waals surface area contributed by atoms with Gasteiger partial charge in [0, 0.05) is 59.7 Å². The average molecular weight is 545 g/mol.